The third-order valence-electron chi connectivity index (χ3n) is 3.75. The van der Waals surface area contributed by atoms with Crippen molar-refractivity contribution in [2.24, 2.45) is 5.73 Å². The Balaban J connectivity index is 2.24. The minimum atomic E-state index is -4.60. The zero-order valence-corrected chi connectivity index (χ0v) is 13.6. The van der Waals surface area contributed by atoms with Crippen LogP contribution in [0, 0.1) is 0 Å². The Morgan fingerprint density at radius 1 is 1.15 bits per heavy atom. The van der Waals surface area contributed by atoms with Crippen molar-refractivity contribution in [1.82, 2.24) is 9.55 Å². The van der Waals surface area contributed by atoms with Gasteiger partial charge < -0.3 is 10.5 Å². The van der Waals surface area contributed by atoms with Gasteiger partial charge in [-0.05, 0) is 18.2 Å². The van der Waals surface area contributed by atoms with E-state index in [-0.39, 0.29) is 17.1 Å². The number of aromatic nitrogens is 2. The normalized spacial score (nSPS) is 11.4. The summed E-state index contributed by atoms with van der Waals surface area (Å²) in [5, 5.41) is 0. The largest absolute Gasteiger partial charge is 0.495 e. The van der Waals surface area contributed by atoms with Gasteiger partial charge in [0, 0.05) is 17.3 Å². The van der Waals surface area contributed by atoms with Crippen LogP contribution in [0.15, 0.2) is 54.7 Å². The molecule has 0 bridgehead atoms. The van der Waals surface area contributed by atoms with Gasteiger partial charge in [-0.25, -0.2) is 4.98 Å². The number of carbonyl (C=O) groups excluding carboxylic acids is 1. The van der Waals surface area contributed by atoms with Crippen molar-refractivity contribution in [2.45, 2.75) is 6.18 Å². The first-order valence-corrected chi connectivity index (χ1v) is 7.51. The number of nitrogens with two attached hydrogens (primary N) is 1. The molecule has 0 fully saturated rings. The second-order valence-electron chi connectivity index (χ2n) is 5.43. The zero-order valence-electron chi connectivity index (χ0n) is 13.6. The lowest BCUT2D eigenvalue weighted by Crippen LogP contribution is -2.11. The summed E-state index contributed by atoms with van der Waals surface area (Å²) in [5.74, 6) is -0.368. The van der Waals surface area contributed by atoms with Crippen LogP contribution in [0.5, 0.6) is 5.75 Å². The molecule has 3 rings (SSSR count). The van der Waals surface area contributed by atoms with E-state index in [0.717, 1.165) is 6.20 Å². The summed E-state index contributed by atoms with van der Waals surface area (Å²) < 4.78 is 46.1. The SMILES string of the molecule is COc1cc(C(N)=O)ccc1-n1cc(C(F)(F)F)nc1-c1ccccc1. The molecule has 0 radical (unpaired) electrons. The molecule has 8 heteroatoms. The maximum Gasteiger partial charge on any atom is 0.434 e. The molecule has 5 nitrogen and oxygen atoms in total. The van der Waals surface area contributed by atoms with Crippen LogP contribution in [0.2, 0.25) is 0 Å². The van der Waals surface area contributed by atoms with Gasteiger partial charge in [0.1, 0.15) is 11.6 Å². The van der Waals surface area contributed by atoms with Gasteiger partial charge in [0.25, 0.3) is 0 Å². The number of rotatable bonds is 4. The number of halogens is 3. The van der Waals surface area contributed by atoms with E-state index in [1.165, 1.54) is 29.9 Å². The second kappa shape index (κ2) is 6.55. The Labute approximate surface area is 146 Å². The van der Waals surface area contributed by atoms with E-state index < -0.39 is 17.8 Å². The fourth-order valence-corrected chi connectivity index (χ4v) is 2.52. The maximum atomic E-state index is 13.2. The Hall–Kier alpha value is -3.29. The predicted octanol–water partition coefficient (Wildman–Crippen LogP) is 3.67. The van der Waals surface area contributed by atoms with Gasteiger partial charge in [0.15, 0.2) is 5.69 Å². The number of imidazole rings is 1. The lowest BCUT2D eigenvalue weighted by Gasteiger charge is -2.13. The number of methoxy groups -OCH3 is 1. The van der Waals surface area contributed by atoms with Crippen molar-refractivity contribution in [3.05, 3.63) is 66.0 Å². The molecule has 0 saturated carbocycles. The second-order valence-corrected chi connectivity index (χ2v) is 5.43. The van der Waals surface area contributed by atoms with Gasteiger partial charge in [-0.15, -0.1) is 0 Å². The van der Waals surface area contributed by atoms with Crippen molar-refractivity contribution < 1.29 is 22.7 Å². The topological polar surface area (TPSA) is 70.1 Å². The molecule has 0 atom stereocenters. The first-order valence-electron chi connectivity index (χ1n) is 7.51. The molecule has 0 aliphatic rings. The highest BCUT2D eigenvalue weighted by molar-refractivity contribution is 5.93. The molecule has 2 N–H and O–H groups in total. The van der Waals surface area contributed by atoms with Gasteiger partial charge in [0.2, 0.25) is 5.91 Å². The molecule has 1 aromatic heterocycles. The van der Waals surface area contributed by atoms with Gasteiger partial charge in [-0.3, -0.25) is 9.36 Å². The molecule has 0 spiro atoms. The van der Waals surface area contributed by atoms with E-state index in [4.69, 9.17) is 10.5 Å². The quantitative estimate of drug-likeness (QED) is 0.771. The molecule has 2 aromatic carbocycles. The summed E-state index contributed by atoms with van der Waals surface area (Å²) in [6.45, 7) is 0. The molecule has 0 aliphatic carbocycles. The van der Waals surface area contributed by atoms with Crippen molar-refractivity contribution in [3.8, 4) is 22.8 Å². The maximum absolute atomic E-state index is 13.2. The number of nitrogens with zero attached hydrogens (tertiary/aromatic N) is 2. The lowest BCUT2D eigenvalue weighted by atomic mass is 10.1. The van der Waals surface area contributed by atoms with Crippen LogP contribution in [0.25, 0.3) is 17.1 Å². The molecule has 1 heterocycles. The highest BCUT2D eigenvalue weighted by Gasteiger charge is 2.35. The van der Waals surface area contributed by atoms with Crippen LogP contribution in [-0.4, -0.2) is 22.6 Å². The number of carbonyl (C=O) groups is 1. The summed E-state index contributed by atoms with van der Waals surface area (Å²) in [5.41, 5.74) is 5.21. The molecular formula is C18H14F3N3O2. The van der Waals surface area contributed by atoms with Crippen molar-refractivity contribution >= 4 is 5.91 Å². The third-order valence-corrected chi connectivity index (χ3v) is 3.75. The van der Waals surface area contributed by atoms with Gasteiger partial charge >= 0.3 is 6.18 Å². The van der Waals surface area contributed by atoms with Crippen molar-refractivity contribution in [2.75, 3.05) is 7.11 Å². The van der Waals surface area contributed by atoms with Crippen molar-refractivity contribution in [1.29, 1.82) is 0 Å². The first-order chi connectivity index (χ1) is 12.3. The highest BCUT2D eigenvalue weighted by Crippen LogP contribution is 2.35. The van der Waals surface area contributed by atoms with Gasteiger partial charge in [0.05, 0.1) is 12.8 Å². The summed E-state index contributed by atoms with van der Waals surface area (Å²) >= 11 is 0. The predicted molar refractivity (Wildman–Crippen MR) is 89.1 cm³/mol. The van der Waals surface area contributed by atoms with E-state index in [1.807, 2.05) is 0 Å². The first kappa shape index (κ1) is 17.5. The van der Waals surface area contributed by atoms with E-state index in [9.17, 15) is 18.0 Å². The number of benzene rings is 2. The molecule has 0 saturated heterocycles. The molecular weight excluding hydrogens is 347 g/mol. The zero-order chi connectivity index (χ0) is 18.9. The van der Waals surface area contributed by atoms with Gasteiger partial charge in [-0.1, -0.05) is 30.3 Å². The number of alkyl halides is 3. The Bertz CT molecular complexity index is 950. The van der Waals surface area contributed by atoms with Crippen LogP contribution in [-0.2, 0) is 6.18 Å². The van der Waals surface area contributed by atoms with Crippen LogP contribution in [0.4, 0.5) is 13.2 Å². The average molecular weight is 361 g/mol. The molecule has 0 unspecified atom stereocenters. The molecule has 134 valence electrons. The van der Waals surface area contributed by atoms with E-state index in [0.29, 0.717) is 11.3 Å². The molecule has 26 heavy (non-hydrogen) atoms. The number of hydrogen-bond acceptors (Lipinski definition) is 3. The van der Waals surface area contributed by atoms with Gasteiger partial charge in [-0.2, -0.15) is 13.2 Å². The Morgan fingerprint density at radius 3 is 2.42 bits per heavy atom. The average Bonchev–Trinajstić information content (AvgIpc) is 3.07. The molecule has 0 aliphatic heterocycles. The number of amides is 1. The summed E-state index contributed by atoms with van der Waals surface area (Å²) in [4.78, 5) is 15.1. The standard InChI is InChI=1S/C18H14F3N3O2/c1-26-14-9-12(16(22)25)7-8-13(14)24-10-15(18(19,20)21)23-17(24)11-5-3-2-4-6-11/h2-10H,1H3,(H2,22,25). The smallest absolute Gasteiger partial charge is 0.434 e. The van der Waals surface area contributed by atoms with E-state index >= 15 is 0 Å². The van der Waals surface area contributed by atoms with E-state index in [1.54, 1.807) is 30.3 Å². The summed E-state index contributed by atoms with van der Waals surface area (Å²) in [7, 11) is 1.35. The van der Waals surface area contributed by atoms with Crippen molar-refractivity contribution in [3.63, 3.8) is 0 Å². The molecule has 1 amide bonds. The Morgan fingerprint density at radius 2 is 1.85 bits per heavy atom. The highest BCUT2D eigenvalue weighted by atomic mass is 19.4. The monoisotopic (exact) mass is 361 g/mol. The number of ether oxygens (including phenoxy) is 1. The van der Waals surface area contributed by atoms with E-state index in [2.05, 4.69) is 4.98 Å². The Kier molecular flexibility index (Phi) is 4.41. The summed E-state index contributed by atoms with van der Waals surface area (Å²) in [6.07, 6.45) is -3.71. The van der Waals surface area contributed by atoms with Crippen LogP contribution >= 0.6 is 0 Å². The minimum Gasteiger partial charge on any atom is -0.495 e. The van der Waals surface area contributed by atoms with Crippen LogP contribution < -0.4 is 10.5 Å². The fraction of sp³-hybridized carbons (Fsp3) is 0.111. The lowest BCUT2D eigenvalue weighted by molar-refractivity contribution is -0.140. The number of hydrogen-bond donors (Lipinski definition) is 1. The third kappa shape index (κ3) is 3.26. The van der Waals surface area contributed by atoms with Crippen LogP contribution in [0.1, 0.15) is 16.1 Å². The van der Waals surface area contributed by atoms with Crippen LogP contribution in [0.3, 0.4) is 0 Å². The summed E-state index contributed by atoms with van der Waals surface area (Å²) in [6, 6.07) is 12.7. The fourth-order valence-electron chi connectivity index (χ4n) is 2.52. The molecule has 3 aromatic rings. The minimum absolute atomic E-state index is 0.100. The number of primary amides is 1.